The van der Waals surface area contributed by atoms with E-state index in [4.69, 9.17) is 20.6 Å². The van der Waals surface area contributed by atoms with Crippen LogP contribution in [-0.4, -0.2) is 17.9 Å². The van der Waals surface area contributed by atoms with E-state index in [2.05, 4.69) is 4.98 Å². The van der Waals surface area contributed by atoms with Crippen molar-refractivity contribution >= 4 is 5.84 Å². The van der Waals surface area contributed by atoms with Gasteiger partial charge in [0.1, 0.15) is 28.8 Å². The lowest BCUT2D eigenvalue weighted by Crippen LogP contribution is -2.12. The molecule has 0 aliphatic carbocycles. The van der Waals surface area contributed by atoms with E-state index in [1.807, 2.05) is 18.2 Å². The summed E-state index contributed by atoms with van der Waals surface area (Å²) < 4.78 is 10.7. The topological polar surface area (TPSA) is 81.2 Å². The molecule has 1 heterocycles. The zero-order valence-electron chi connectivity index (χ0n) is 9.88. The van der Waals surface area contributed by atoms with Crippen molar-refractivity contribution in [2.75, 3.05) is 7.11 Å². The molecule has 2 rings (SSSR count). The fraction of sp³-hybridized carbons (Fsp3) is 0.0769. The number of ether oxygens (including phenoxy) is 2. The van der Waals surface area contributed by atoms with Crippen molar-refractivity contribution in [1.82, 2.24) is 4.98 Å². The van der Waals surface area contributed by atoms with Gasteiger partial charge in [-0.15, -0.1) is 0 Å². The normalized spacial score (nSPS) is 9.83. The number of hydrogen-bond acceptors (Lipinski definition) is 4. The summed E-state index contributed by atoms with van der Waals surface area (Å²) in [5.74, 6) is 1.89. The smallest absolute Gasteiger partial charge is 0.145 e. The van der Waals surface area contributed by atoms with Crippen LogP contribution in [-0.2, 0) is 0 Å². The van der Waals surface area contributed by atoms with E-state index < -0.39 is 0 Å². The lowest BCUT2D eigenvalue weighted by atomic mass is 10.3. The molecule has 2 aromatic rings. The Kier molecular flexibility index (Phi) is 3.43. The summed E-state index contributed by atoms with van der Waals surface area (Å²) in [7, 11) is 1.60. The van der Waals surface area contributed by atoms with Crippen LogP contribution in [0.15, 0.2) is 42.6 Å². The van der Waals surface area contributed by atoms with Crippen molar-refractivity contribution < 1.29 is 9.47 Å². The zero-order valence-corrected chi connectivity index (χ0v) is 9.88. The van der Waals surface area contributed by atoms with Crippen LogP contribution in [0.2, 0.25) is 0 Å². The summed E-state index contributed by atoms with van der Waals surface area (Å²) in [6.45, 7) is 0. The first-order valence-corrected chi connectivity index (χ1v) is 5.31. The van der Waals surface area contributed by atoms with Crippen LogP contribution >= 0.6 is 0 Å². The maximum absolute atomic E-state index is 7.24. The molecule has 0 saturated carbocycles. The maximum atomic E-state index is 7.24. The molecule has 0 unspecified atom stereocenters. The number of rotatable bonds is 4. The summed E-state index contributed by atoms with van der Waals surface area (Å²) in [5.41, 5.74) is 5.74. The Bertz CT molecular complexity index is 552. The van der Waals surface area contributed by atoms with E-state index in [1.165, 1.54) is 6.20 Å². The van der Waals surface area contributed by atoms with E-state index >= 15 is 0 Å². The fourth-order valence-electron chi connectivity index (χ4n) is 1.40. The van der Waals surface area contributed by atoms with E-state index in [-0.39, 0.29) is 5.84 Å². The third-order valence-corrected chi connectivity index (χ3v) is 2.29. The third kappa shape index (κ3) is 2.76. The molecular weight excluding hydrogens is 230 g/mol. The molecule has 5 nitrogen and oxygen atoms in total. The average Bonchev–Trinajstić information content (AvgIpc) is 2.39. The molecule has 1 aromatic heterocycles. The molecular formula is C13H13N3O2. The van der Waals surface area contributed by atoms with E-state index in [9.17, 15) is 0 Å². The summed E-state index contributed by atoms with van der Waals surface area (Å²) in [6, 6.07) is 10.6. The van der Waals surface area contributed by atoms with Gasteiger partial charge in [-0.05, 0) is 24.3 Å². The standard InChI is InChI=1S/C13H13N3O2/c1-17-9-3-2-4-10(7-9)18-11-5-6-12(13(14)15)16-8-11/h2-8H,1H3,(H3,14,15). The minimum atomic E-state index is -0.0667. The predicted octanol–water partition coefficient (Wildman–Crippen LogP) is 2.17. The second-order valence-corrected chi connectivity index (χ2v) is 3.57. The van der Waals surface area contributed by atoms with Crippen LogP contribution in [0.4, 0.5) is 0 Å². The Morgan fingerprint density at radius 2 is 1.94 bits per heavy atom. The number of amidine groups is 1. The summed E-state index contributed by atoms with van der Waals surface area (Å²) in [4.78, 5) is 4.01. The Labute approximate surface area is 105 Å². The molecule has 18 heavy (non-hydrogen) atoms. The number of nitrogens with zero attached hydrogens (tertiary/aromatic N) is 1. The van der Waals surface area contributed by atoms with Gasteiger partial charge in [0.15, 0.2) is 0 Å². The number of methoxy groups -OCH3 is 1. The van der Waals surface area contributed by atoms with Gasteiger partial charge in [-0.3, -0.25) is 5.41 Å². The highest BCUT2D eigenvalue weighted by atomic mass is 16.5. The van der Waals surface area contributed by atoms with Crippen molar-refractivity contribution in [3.05, 3.63) is 48.3 Å². The molecule has 0 radical (unpaired) electrons. The van der Waals surface area contributed by atoms with Crippen molar-refractivity contribution in [2.45, 2.75) is 0 Å². The third-order valence-electron chi connectivity index (χ3n) is 2.29. The largest absolute Gasteiger partial charge is 0.497 e. The summed E-state index contributed by atoms with van der Waals surface area (Å²) >= 11 is 0. The number of benzene rings is 1. The molecule has 0 aliphatic heterocycles. The highest BCUT2D eigenvalue weighted by Gasteiger charge is 2.01. The Morgan fingerprint density at radius 1 is 1.17 bits per heavy atom. The van der Waals surface area contributed by atoms with Gasteiger partial charge in [-0.25, -0.2) is 4.98 Å². The van der Waals surface area contributed by atoms with Crippen LogP contribution in [0.5, 0.6) is 17.2 Å². The van der Waals surface area contributed by atoms with Crippen LogP contribution < -0.4 is 15.2 Å². The average molecular weight is 243 g/mol. The molecule has 0 aliphatic rings. The van der Waals surface area contributed by atoms with Gasteiger partial charge in [0, 0.05) is 6.07 Å². The minimum Gasteiger partial charge on any atom is -0.497 e. The minimum absolute atomic E-state index is 0.0667. The number of nitrogens with two attached hydrogens (primary N) is 1. The molecule has 0 atom stereocenters. The first kappa shape index (κ1) is 11.9. The van der Waals surface area contributed by atoms with Gasteiger partial charge >= 0.3 is 0 Å². The quantitative estimate of drug-likeness (QED) is 0.637. The van der Waals surface area contributed by atoms with Gasteiger partial charge in [-0.1, -0.05) is 6.07 Å². The summed E-state index contributed by atoms with van der Waals surface area (Å²) in [5, 5.41) is 7.24. The lowest BCUT2D eigenvalue weighted by molar-refractivity contribution is 0.409. The highest BCUT2D eigenvalue weighted by Crippen LogP contribution is 2.24. The molecule has 0 bridgehead atoms. The zero-order chi connectivity index (χ0) is 13.0. The Hall–Kier alpha value is -2.56. The van der Waals surface area contributed by atoms with E-state index in [0.29, 0.717) is 17.2 Å². The molecule has 0 saturated heterocycles. The number of hydrogen-bond donors (Lipinski definition) is 2. The van der Waals surface area contributed by atoms with Crippen molar-refractivity contribution in [3.8, 4) is 17.2 Å². The molecule has 5 heteroatoms. The Balaban J connectivity index is 2.15. The summed E-state index contributed by atoms with van der Waals surface area (Å²) in [6.07, 6.45) is 1.52. The maximum Gasteiger partial charge on any atom is 0.145 e. The number of nitrogens with one attached hydrogen (secondary N) is 1. The second kappa shape index (κ2) is 5.18. The molecule has 0 spiro atoms. The van der Waals surface area contributed by atoms with E-state index in [1.54, 1.807) is 25.3 Å². The molecule has 1 aromatic carbocycles. The molecule has 92 valence electrons. The predicted molar refractivity (Wildman–Crippen MR) is 68.3 cm³/mol. The van der Waals surface area contributed by atoms with Gasteiger partial charge in [0.25, 0.3) is 0 Å². The first-order valence-electron chi connectivity index (χ1n) is 5.31. The van der Waals surface area contributed by atoms with Gasteiger partial charge in [0.2, 0.25) is 0 Å². The number of nitrogen functional groups attached to an aromatic ring is 1. The van der Waals surface area contributed by atoms with Gasteiger partial charge in [0.05, 0.1) is 13.3 Å². The van der Waals surface area contributed by atoms with Crippen LogP contribution in [0.1, 0.15) is 5.69 Å². The lowest BCUT2D eigenvalue weighted by Gasteiger charge is -2.07. The van der Waals surface area contributed by atoms with Crippen molar-refractivity contribution in [2.24, 2.45) is 5.73 Å². The Morgan fingerprint density at radius 3 is 2.56 bits per heavy atom. The molecule has 3 N–H and O–H groups in total. The molecule has 0 amide bonds. The second-order valence-electron chi connectivity index (χ2n) is 3.57. The van der Waals surface area contributed by atoms with Crippen molar-refractivity contribution in [3.63, 3.8) is 0 Å². The fourth-order valence-corrected chi connectivity index (χ4v) is 1.40. The van der Waals surface area contributed by atoms with Crippen molar-refractivity contribution in [1.29, 1.82) is 5.41 Å². The van der Waals surface area contributed by atoms with Gasteiger partial charge < -0.3 is 15.2 Å². The number of aromatic nitrogens is 1. The first-order chi connectivity index (χ1) is 8.69. The highest BCUT2D eigenvalue weighted by molar-refractivity contribution is 5.92. The number of pyridine rings is 1. The van der Waals surface area contributed by atoms with Gasteiger partial charge in [-0.2, -0.15) is 0 Å². The van der Waals surface area contributed by atoms with E-state index in [0.717, 1.165) is 5.75 Å². The molecule has 0 fully saturated rings. The SMILES string of the molecule is COc1cccc(Oc2ccc(C(=N)N)nc2)c1. The van der Waals surface area contributed by atoms with Crippen LogP contribution in [0, 0.1) is 5.41 Å². The van der Waals surface area contributed by atoms with Crippen LogP contribution in [0.3, 0.4) is 0 Å². The van der Waals surface area contributed by atoms with Crippen LogP contribution in [0.25, 0.3) is 0 Å². The monoisotopic (exact) mass is 243 g/mol.